The van der Waals surface area contributed by atoms with Crippen LogP contribution in [-0.2, 0) is 0 Å². The molecule has 1 aliphatic heterocycles. The van der Waals surface area contributed by atoms with Crippen LogP contribution >= 0.6 is 0 Å². The molecule has 2 atom stereocenters. The second kappa shape index (κ2) is 6.51. The Morgan fingerprint density at radius 1 is 1.21 bits per heavy atom. The van der Waals surface area contributed by atoms with Gasteiger partial charge in [-0.05, 0) is 31.4 Å². The van der Waals surface area contributed by atoms with Crippen molar-refractivity contribution in [3.8, 4) is 17.2 Å². The molecule has 3 rings (SSSR count). The van der Waals surface area contributed by atoms with E-state index >= 15 is 0 Å². The lowest BCUT2D eigenvalue weighted by Crippen LogP contribution is -2.54. The zero-order valence-corrected chi connectivity index (χ0v) is 14.2. The van der Waals surface area contributed by atoms with Crippen LogP contribution in [0.1, 0.15) is 42.5 Å². The van der Waals surface area contributed by atoms with Gasteiger partial charge < -0.3 is 24.6 Å². The number of likely N-dealkylation sites (tertiary alicyclic amines) is 1. The Kier molecular flexibility index (Phi) is 4.58. The largest absolute Gasteiger partial charge is 0.502 e. The van der Waals surface area contributed by atoms with Gasteiger partial charge in [-0.2, -0.15) is 0 Å². The van der Waals surface area contributed by atoms with Gasteiger partial charge in [-0.15, -0.1) is 0 Å². The highest BCUT2D eigenvalue weighted by Crippen LogP contribution is 2.41. The molecule has 1 aliphatic carbocycles. The number of phenols is 1. The van der Waals surface area contributed by atoms with E-state index in [9.17, 15) is 15.0 Å². The van der Waals surface area contributed by atoms with Crippen molar-refractivity contribution in [2.24, 2.45) is 5.92 Å². The van der Waals surface area contributed by atoms with Crippen LogP contribution in [0.3, 0.4) is 0 Å². The number of piperidine rings is 1. The normalized spacial score (nSPS) is 26.6. The summed E-state index contributed by atoms with van der Waals surface area (Å²) in [5.74, 6) is 0.327. The van der Waals surface area contributed by atoms with Crippen molar-refractivity contribution >= 4 is 5.91 Å². The number of hydrogen-bond donors (Lipinski definition) is 2. The van der Waals surface area contributed by atoms with Gasteiger partial charge >= 0.3 is 0 Å². The number of rotatable bonds is 3. The van der Waals surface area contributed by atoms with Crippen LogP contribution in [0.15, 0.2) is 12.1 Å². The van der Waals surface area contributed by atoms with Gasteiger partial charge in [-0.25, -0.2) is 0 Å². The first-order valence-corrected chi connectivity index (χ1v) is 8.45. The van der Waals surface area contributed by atoms with Crippen LogP contribution in [0.25, 0.3) is 0 Å². The number of hydrogen-bond acceptors (Lipinski definition) is 5. The van der Waals surface area contributed by atoms with Crippen LogP contribution in [0.4, 0.5) is 0 Å². The van der Waals surface area contributed by atoms with E-state index in [1.165, 1.54) is 26.4 Å². The molecule has 2 N–H and O–H groups in total. The summed E-state index contributed by atoms with van der Waals surface area (Å²) in [5, 5.41) is 20.7. The Morgan fingerprint density at radius 2 is 1.88 bits per heavy atom. The summed E-state index contributed by atoms with van der Waals surface area (Å²) in [4.78, 5) is 14.7. The molecule has 6 heteroatoms. The molecule has 2 aliphatic rings. The highest BCUT2D eigenvalue weighted by Gasteiger charge is 2.43. The smallest absolute Gasteiger partial charge is 0.254 e. The molecule has 1 aromatic rings. The molecule has 2 fully saturated rings. The van der Waals surface area contributed by atoms with Crippen molar-refractivity contribution in [1.29, 1.82) is 0 Å². The quantitative estimate of drug-likeness (QED) is 0.885. The molecule has 24 heavy (non-hydrogen) atoms. The number of aliphatic hydroxyl groups is 1. The lowest BCUT2D eigenvalue weighted by molar-refractivity contribution is -0.0886. The summed E-state index contributed by atoms with van der Waals surface area (Å²) in [6, 6.07) is 3.06. The molecular formula is C18H25NO5. The maximum Gasteiger partial charge on any atom is 0.254 e. The Balaban J connectivity index is 1.82. The van der Waals surface area contributed by atoms with Crippen molar-refractivity contribution in [1.82, 2.24) is 4.90 Å². The van der Waals surface area contributed by atoms with E-state index in [1.807, 2.05) is 0 Å². The zero-order valence-electron chi connectivity index (χ0n) is 14.2. The maximum absolute atomic E-state index is 12.9. The van der Waals surface area contributed by atoms with Gasteiger partial charge in [0.25, 0.3) is 5.91 Å². The minimum atomic E-state index is -0.612. The first-order valence-electron chi connectivity index (χ1n) is 8.45. The number of carbonyl (C=O) groups is 1. The average Bonchev–Trinajstić information content (AvgIpc) is 2.60. The molecule has 1 heterocycles. The molecule has 0 unspecified atom stereocenters. The summed E-state index contributed by atoms with van der Waals surface area (Å²) >= 11 is 0. The molecule has 0 radical (unpaired) electrons. The fraction of sp³-hybridized carbons (Fsp3) is 0.611. The molecule has 1 aromatic carbocycles. The van der Waals surface area contributed by atoms with Gasteiger partial charge in [0.2, 0.25) is 5.75 Å². The molecule has 132 valence electrons. The minimum absolute atomic E-state index is 0.114. The van der Waals surface area contributed by atoms with E-state index in [1.54, 1.807) is 4.90 Å². The zero-order chi connectivity index (χ0) is 17.3. The second-order valence-electron chi connectivity index (χ2n) is 6.78. The monoisotopic (exact) mass is 335 g/mol. The number of amides is 1. The number of methoxy groups -OCH3 is 2. The SMILES string of the molecule is COc1cc(C(=O)N2CC[C@@]3(O)CCCC[C@@H]3C2)cc(OC)c1O. The van der Waals surface area contributed by atoms with E-state index in [0.717, 1.165) is 25.7 Å². The molecule has 0 spiro atoms. The standard InChI is InChI=1S/C18H25NO5/c1-23-14-9-12(10-15(24-2)16(14)20)17(21)19-8-7-18(22)6-4-3-5-13(18)11-19/h9-10,13,20,22H,3-8,11H2,1-2H3/t13-,18+/m1/s1. The maximum atomic E-state index is 12.9. The van der Waals surface area contributed by atoms with Gasteiger partial charge in [-0.3, -0.25) is 4.79 Å². The number of phenolic OH excluding ortho intramolecular Hbond substituents is 1. The molecule has 1 amide bonds. The van der Waals surface area contributed by atoms with Crippen LogP contribution in [0.2, 0.25) is 0 Å². The number of ether oxygens (including phenoxy) is 2. The first-order chi connectivity index (χ1) is 11.5. The first kappa shape index (κ1) is 16.9. The van der Waals surface area contributed by atoms with E-state index < -0.39 is 5.60 Å². The van der Waals surface area contributed by atoms with Crippen LogP contribution in [0, 0.1) is 5.92 Å². The highest BCUT2D eigenvalue weighted by atomic mass is 16.5. The predicted molar refractivity (Wildman–Crippen MR) is 88.6 cm³/mol. The second-order valence-corrected chi connectivity index (χ2v) is 6.78. The van der Waals surface area contributed by atoms with Crippen LogP contribution in [0.5, 0.6) is 17.2 Å². The molecule has 6 nitrogen and oxygen atoms in total. The number of aromatic hydroxyl groups is 1. The molecular weight excluding hydrogens is 310 g/mol. The predicted octanol–water partition coefficient (Wildman–Crippen LogP) is 2.18. The topological polar surface area (TPSA) is 79.2 Å². The third-order valence-electron chi connectivity index (χ3n) is 5.44. The lowest BCUT2D eigenvalue weighted by atomic mass is 9.71. The van der Waals surface area contributed by atoms with Crippen molar-refractivity contribution in [3.05, 3.63) is 17.7 Å². The van der Waals surface area contributed by atoms with Gasteiger partial charge in [-0.1, -0.05) is 12.8 Å². The summed E-state index contributed by atoms with van der Waals surface area (Å²) < 4.78 is 10.3. The van der Waals surface area contributed by atoms with Crippen molar-refractivity contribution in [2.45, 2.75) is 37.7 Å². The van der Waals surface area contributed by atoms with E-state index in [-0.39, 0.29) is 29.1 Å². The van der Waals surface area contributed by atoms with Gasteiger partial charge in [0.1, 0.15) is 0 Å². The molecule has 1 saturated heterocycles. The highest BCUT2D eigenvalue weighted by molar-refractivity contribution is 5.95. The Bertz CT molecular complexity index is 607. The average molecular weight is 335 g/mol. The van der Waals surface area contributed by atoms with Crippen molar-refractivity contribution in [2.75, 3.05) is 27.3 Å². The van der Waals surface area contributed by atoms with E-state index in [0.29, 0.717) is 25.1 Å². The summed E-state index contributed by atoms with van der Waals surface area (Å²) in [5.41, 5.74) is -0.193. The van der Waals surface area contributed by atoms with Gasteiger partial charge in [0.15, 0.2) is 11.5 Å². The van der Waals surface area contributed by atoms with Crippen molar-refractivity contribution in [3.63, 3.8) is 0 Å². The Hall–Kier alpha value is -1.95. The summed E-state index contributed by atoms with van der Waals surface area (Å²) in [6.07, 6.45) is 4.59. The molecule has 0 aromatic heterocycles. The fourth-order valence-corrected chi connectivity index (χ4v) is 3.95. The number of fused-ring (bicyclic) bond motifs is 1. The third-order valence-corrected chi connectivity index (χ3v) is 5.44. The third kappa shape index (κ3) is 2.90. The van der Waals surface area contributed by atoms with E-state index in [4.69, 9.17) is 9.47 Å². The van der Waals surface area contributed by atoms with Crippen LogP contribution in [-0.4, -0.2) is 53.9 Å². The van der Waals surface area contributed by atoms with Gasteiger partial charge in [0, 0.05) is 24.6 Å². The van der Waals surface area contributed by atoms with Crippen molar-refractivity contribution < 1.29 is 24.5 Å². The fourth-order valence-electron chi connectivity index (χ4n) is 3.95. The molecule has 0 bridgehead atoms. The summed E-state index contributed by atoms with van der Waals surface area (Å²) in [7, 11) is 2.87. The number of nitrogens with zero attached hydrogens (tertiary/aromatic N) is 1. The Labute approximate surface area is 142 Å². The minimum Gasteiger partial charge on any atom is -0.502 e. The van der Waals surface area contributed by atoms with E-state index in [2.05, 4.69) is 0 Å². The number of benzene rings is 1. The van der Waals surface area contributed by atoms with Gasteiger partial charge in [0.05, 0.1) is 19.8 Å². The number of carbonyl (C=O) groups excluding carboxylic acids is 1. The molecule has 1 saturated carbocycles. The lowest BCUT2D eigenvalue weighted by Gasteiger charge is -2.47. The Morgan fingerprint density at radius 3 is 2.50 bits per heavy atom. The van der Waals surface area contributed by atoms with Crippen LogP contribution < -0.4 is 9.47 Å². The summed E-state index contributed by atoms with van der Waals surface area (Å²) in [6.45, 7) is 1.11.